The number of aryl methyl sites for hydroxylation is 1. The molecule has 1 aromatic heterocycles. The third-order valence-electron chi connectivity index (χ3n) is 8.48. The number of halogens is 1. The Morgan fingerprint density at radius 3 is 2.92 bits per heavy atom. The summed E-state index contributed by atoms with van der Waals surface area (Å²) in [6.07, 6.45) is 6.89. The lowest BCUT2D eigenvalue weighted by Gasteiger charge is -2.47. The van der Waals surface area contributed by atoms with E-state index in [9.17, 15) is 19.4 Å². The van der Waals surface area contributed by atoms with Gasteiger partial charge in [-0.25, -0.2) is 9.37 Å². The Hall–Kier alpha value is -3.49. The molecule has 3 heterocycles. The summed E-state index contributed by atoms with van der Waals surface area (Å²) in [5.41, 5.74) is 3.66. The lowest BCUT2D eigenvalue weighted by molar-refractivity contribution is -0.0967. The highest BCUT2D eigenvalue weighted by Gasteiger charge is 2.42. The second-order valence-corrected chi connectivity index (χ2v) is 11.1. The van der Waals surface area contributed by atoms with Crippen LogP contribution in [0.2, 0.25) is 0 Å². The highest BCUT2D eigenvalue weighted by molar-refractivity contribution is 6.09. The van der Waals surface area contributed by atoms with E-state index in [0.29, 0.717) is 28.6 Å². The number of nitrogens with one attached hydrogen (secondary N) is 2. The van der Waals surface area contributed by atoms with Crippen molar-refractivity contribution < 1.29 is 19.4 Å². The minimum atomic E-state index is -0.516. The number of rotatable bonds is 4. The predicted molar refractivity (Wildman–Crippen MR) is 145 cm³/mol. The maximum Gasteiger partial charge on any atom is 0.173 e. The quantitative estimate of drug-likeness (QED) is 0.359. The molecule has 2 unspecified atom stereocenters. The van der Waals surface area contributed by atoms with Gasteiger partial charge < -0.3 is 20.8 Å². The van der Waals surface area contributed by atoms with Crippen molar-refractivity contribution in [2.45, 2.75) is 57.6 Å². The number of aromatic hydroxyl groups is 1. The first-order valence-corrected chi connectivity index (χ1v) is 13.4. The van der Waals surface area contributed by atoms with Gasteiger partial charge in [-0.15, -0.1) is 0 Å². The summed E-state index contributed by atoms with van der Waals surface area (Å²) in [5.74, 6) is 0.0789. The number of aliphatic hydroxyl groups is 1. The van der Waals surface area contributed by atoms with Crippen molar-refractivity contribution in [3.8, 4) is 5.75 Å². The zero-order valence-corrected chi connectivity index (χ0v) is 21.6. The van der Waals surface area contributed by atoms with Crippen molar-refractivity contribution in [1.29, 1.82) is 0 Å². The zero-order valence-electron chi connectivity index (χ0n) is 21.6. The summed E-state index contributed by atoms with van der Waals surface area (Å²) < 4.78 is 14.6. The summed E-state index contributed by atoms with van der Waals surface area (Å²) >= 11 is 0. The summed E-state index contributed by atoms with van der Waals surface area (Å²) in [5, 5.41) is 27.4. The van der Waals surface area contributed by atoms with Crippen LogP contribution in [-0.2, 0) is 13.0 Å². The Labute approximate surface area is 221 Å². The Morgan fingerprint density at radius 2 is 2.05 bits per heavy atom. The van der Waals surface area contributed by atoms with Crippen molar-refractivity contribution in [3.05, 3.63) is 70.7 Å². The van der Waals surface area contributed by atoms with Crippen LogP contribution in [0.25, 0.3) is 0 Å². The van der Waals surface area contributed by atoms with E-state index in [-0.39, 0.29) is 23.6 Å². The lowest BCUT2D eigenvalue weighted by atomic mass is 9.71. The van der Waals surface area contributed by atoms with Crippen LogP contribution in [-0.4, -0.2) is 44.6 Å². The van der Waals surface area contributed by atoms with Gasteiger partial charge in [-0.3, -0.25) is 9.69 Å². The molecule has 4 N–H and O–H groups in total. The van der Waals surface area contributed by atoms with Crippen molar-refractivity contribution in [1.82, 2.24) is 9.88 Å². The Bertz CT molecular complexity index is 1410. The fourth-order valence-electron chi connectivity index (χ4n) is 6.29. The first-order valence-electron chi connectivity index (χ1n) is 13.4. The van der Waals surface area contributed by atoms with E-state index >= 15 is 0 Å². The van der Waals surface area contributed by atoms with Gasteiger partial charge in [-0.05, 0) is 61.1 Å². The first kappa shape index (κ1) is 24.8. The third-order valence-corrected chi connectivity index (χ3v) is 8.48. The Morgan fingerprint density at radius 1 is 1.18 bits per heavy atom. The maximum absolute atomic E-state index is 14.6. The number of fused-ring (bicyclic) bond motifs is 3. The average Bonchev–Trinajstić information content (AvgIpc) is 3.03. The molecular weight excluding hydrogens is 483 g/mol. The van der Waals surface area contributed by atoms with Gasteiger partial charge in [0.1, 0.15) is 17.4 Å². The van der Waals surface area contributed by atoms with Gasteiger partial charge in [0, 0.05) is 49.9 Å². The number of anilines is 4. The molecule has 8 heteroatoms. The van der Waals surface area contributed by atoms with Gasteiger partial charge in [0.25, 0.3) is 0 Å². The van der Waals surface area contributed by atoms with Crippen molar-refractivity contribution in [3.63, 3.8) is 0 Å². The van der Waals surface area contributed by atoms with Gasteiger partial charge in [0.15, 0.2) is 5.78 Å². The monoisotopic (exact) mass is 516 g/mol. The number of Topliss-reactive ketones (excluding diaryl/α,β-unsaturated/α-hetero) is 1. The normalized spacial score (nSPS) is 23.0. The fourth-order valence-corrected chi connectivity index (χ4v) is 6.29. The minimum absolute atomic E-state index is 0.0275. The van der Waals surface area contributed by atoms with Crippen molar-refractivity contribution in [2.24, 2.45) is 5.92 Å². The highest BCUT2D eigenvalue weighted by Crippen LogP contribution is 2.40. The molecular formula is C30H33FN4O3. The van der Waals surface area contributed by atoms with Crippen molar-refractivity contribution >= 4 is 28.7 Å². The number of likely N-dealkylation sites (tertiary alicyclic amines) is 1. The van der Waals surface area contributed by atoms with Crippen LogP contribution in [0.15, 0.2) is 42.6 Å². The highest BCUT2D eigenvalue weighted by atomic mass is 19.1. The van der Waals surface area contributed by atoms with E-state index in [0.717, 1.165) is 62.1 Å². The van der Waals surface area contributed by atoms with E-state index in [2.05, 4.69) is 32.7 Å². The molecule has 1 saturated carbocycles. The molecule has 2 aliphatic heterocycles. The van der Waals surface area contributed by atoms with Crippen molar-refractivity contribution in [2.75, 3.05) is 23.7 Å². The van der Waals surface area contributed by atoms with E-state index < -0.39 is 11.4 Å². The van der Waals surface area contributed by atoms with Gasteiger partial charge in [-0.1, -0.05) is 25.0 Å². The van der Waals surface area contributed by atoms with Crippen LogP contribution in [0, 0.1) is 18.7 Å². The molecule has 0 spiro atoms. The number of carbonyl (C=O) groups is 1. The summed E-state index contributed by atoms with van der Waals surface area (Å²) in [6.45, 7) is 4.18. The number of benzene rings is 2. The number of phenols is 1. The predicted octanol–water partition coefficient (Wildman–Crippen LogP) is 5.59. The number of aromatic nitrogens is 1. The fraction of sp³-hybridized carbons (Fsp3) is 0.400. The molecule has 7 nitrogen and oxygen atoms in total. The number of nitrogens with zero attached hydrogens (tertiary/aromatic N) is 2. The SMILES string of the molecule is Cc1cc(F)c(Nc2ccnc3c2C(=O)Cc2cc(CN4CCC5(O)CCCCC5C4)ccc2N3)cc1O. The summed E-state index contributed by atoms with van der Waals surface area (Å²) in [6, 6.07) is 10.4. The molecule has 1 saturated heterocycles. The number of piperidine rings is 1. The van der Waals surface area contributed by atoms with E-state index in [1.807, 2.05) is 6.07 Å². The third kappa shape index (κ3) is 4.63. The molecule has 198 valence electrons. The number of pyridine rings is 1. The second-order valence-electron chi connectivity index (χ2n) is 11.1. The first-order chi connectivity index (χ1) is 18.3. The Kier molecular flexibility index (Phi) is 6.32. The molecule has 0 radical (unpaired) electrons. The molecule has 6 rings (SSSR count). The molecule has 3 aliphatic rings. The average molecular weight is 517 g/mol. The van der Waals surface area contributed by atoms with E-state index in [1.54, 1.807) is 19.2 Å². The van der Waals surface area contributed by atoms with Crippen LogP contribution in [0.3, 0.4) is 0 Å². The second kappa shape index (κ2) is 9.67. The molecule has 2 atom stereocenters. The summed E-state index contributed by atoms with van der Waals surface area (Å²) in [7, 11) is 0. The molecule has 0 bridgehead atoms. The number of phenolic OH excluding ortho intramolecular Hbond substituents is 1. The molecule has 1 aliphatic carbocycles. The smallest absolute Gasteiger partial charge is 0.173 e. The van der Waals surface area contributed by atoms with Crippen LogP contribution < -0.4 is 10.6 Å². The number of hydrogen-bond donors (Lipinski definition) is 4. The largest absolute Gasteiger partial charge is 0.508 e. The zero-order chi connectivity index (χ0) is 26.4. The number of carbonyl (C=O) groups excluding carboxylic acids is 1. The van der Waals surface area contributed by atoms with Crippen LogP contribution in [0.1, 0.15) is 59.2 Å². The van der Waals surface area contributed by atoms with E-state index in [1.165, 1.54) is 18.6 Å². The van der Waals surface area contributed by atoms with Crippen LogP contribution >= 0.6 is 0 Å². The van der Waals surface area contributed by atoms with Gasteiger partial charge in [0.05, 0.1) is 22.5 Å². The van der Waals surface area contributed by atoms with Crippen LogP contribution in [0.4, 0.5) is 27.3 Å². The molecule has 2 aromatic carbocycles. The Balaban J connectivity index is 1.22. The topological polar surface area (TPSA) is 97.7 Å². The van der Waals surface area contributed by atoms with Gasteiger partial charge in [0.2, 0.25) is 0 Å². The van der Waals surface area contributed by atoms with E-state index in [4.69, 9.17) is 0 Å². The number of ketones is 1. The number of hydrogen-bond acceptors (Lipinski definition) is 7. The van der Waals surface area contributed by atoms with Gasteiger partial charge >= 0.3 is 0 Å². The maximum atomic E-state index is 14.6. The molecule has 38 heavy (non-hydrogen) atoms. The minimum Gasteiger partial charge on any atom is -0.508 e. The molecule has 3 aromatic rings. The summed E-state index contributed by atoms with van der Waals surface area (Å²) in [4.78, 5) is 20.3. The lowest BCUT2D eigenvalue weighted by Crippen LogP contribution is -2.52. The standard InChI is InChI=1S/C30H33FN4O3/c1-18-12-22(31)25(15-26(18)36)33-24-7-10-32-29-28(24)27(37)14-20-13-19(5-6-23(20)34-29)16-35-11-9-30(38)8-3-2-4-21(30)17-35/h5-7,10,12-13,15,21,36,38H,2-4,8-9,11,14,16-17H2,1H3,(H2,32,33,34). The van der Waals surface area contributed by atoms with Crippen LogP contribution in [0.5, 0.6) is 5.75 Å². The molecule has 2 fully saturated rings. The van der Waals surface area contributed by atoms with Gasteiger partial charge in [-0.2, -0.15) is 0 Å². The molecule has 0 amide bonds.